The molecule has 0 saturated heterocycles. The Morgan fingerprint density at radius 3 is 2.93 bits per heavy atom. The third-order valence-electron chi connectivity index (χ3n) is 2.06. The van der Waals surface area contributed by atoms with Crippen molar-refractivity contribution >= 4 is 11.9 Å². The minimum Gasteiger partial charge on any atom is -0.466 e. The number of nitrogens with zero attached hydrogens (tertiary/aromatic N) is 2. The molecule has 1 rings (SSSR count). The number of hydrogen-bond donors (Lipinski definition) is 2. The highest BCUT2D eigenvalue weighted by molar-refractivity contribution is 5.90. The molecule has 84 valence electrons. The van der Waals surface area contributed by atoms with Crippen LogP contribution in [0.1, 0.15) is 26.7 Å². The van der Waals surface area contributed by atoms with Crippen LogP contribution < -0.4 is 10.1 Å². The second kappa shape index (κ2) is 5.33. The molecule has 1 aromatic rings. The molecule has 1 amide bonds. The lowest BCUT2D eigenvalue weighted by atomic mass is 10.1. The SMILES string of the molecule is CCCC(C)C(=O)Nc1nc(OC)n[nH]1. The Morgan fingerprint density at radius 2 is 2.40 bits per heavy atom. The molecule has 2 N–H and O–H groups in total. The van der Waals surface area contributed by atoms with E-state index in [1.807, 2.05) is 13.8 Å². The van der Waals surface area contributed by atoms with Crippen LogP contribution in [-0.4, -0.2) is 28.2 Å². The molecule has 0 aromatic carbocycles. The maximum atomic E-state index is 11.6. The highest BCUT2D eigenvalue weighted by Gasteiger charge is 2.13. The van der Waals surface area contributed by atoms with Gasteiger partial charge in [0, 0.05) is 5.92 Å². The van der Waals surface area contributed by atoms with Crippen molar-refractivity contribution in [2.75, 3.05) is 12.4 Å². The Hall–Kier alpha value is -1.59. The summed E-state index contributed by atoms with van der Waals surface area (Å²) in [4.78, 5) is 15.5. The van der Waals surface area contributed by atoms with Gasteiger partial charge in [0.25, 0.3) is 0 Å². The lowest BCUT2D eigenvalue weighted by Gasteiger charge is -2.07. The van der Waals surface area contributed by atoms with E-state index in [1.165, 1.54) is 7.11 Å². The number of anilines is 1. The van der Waals surface area contributed by atoms with Gasteiger partial charge < -0.3 is 4.74 Å². The third-order valence-corrected chi connectivity index (χ3v) is 2.06. The Balaban J connectivity index is 2.50. The Morgan fingerprint density at radius 1 is 1.67 bits per heavy atom. The van der Waals surface area contributed by atoms with Gasteiger partial charge in [-0.25, -0.2) is 5.10 Å². The van der Waals surface area contributed by atoms with Gasteiger partial charge in [-0.05, 0) is 6.42 Å². The van der Waals surface area contributed by atoms with Gasteiger partial charge in [0.05, 0.1) is 7.11 Å². The summed E-state index contributed by atoms with van der Waals surface area (Å²) in [7, 11) is 1.47. The largest absolute Gasteiger partial charge is 0.466 e. The molecule has 0 aliphatic heterocycles. The summed E-state index contributed by atoms with van der Waals surface area (Å²) in [6.07, 6.45) is 1.84. The summed E-state index contributed by atoms with van der Waals surface area (Å²) in [5.41, 5.74) is 0. The number of aromatic nitrogens is 3. The summed E-state index contributed by atoms with van der Waals surface area (Å²) in [5, 5.41) is 8.92. The van der Waals surface area contributed by atoms with Crippen molar-refractivity contribution in [1.29, 1.82) is 0 Å². The third kappa shape index (κ3) is 3.23. The number of methoxy groups -OCH3 is 1. The molecule has 1 unspecified atom stereocenters. The normalized spacial score (nSPS) is 12.2. The zero-order valence-electron chi connectivity index (χ0n) is 9.20. The number of nitrogens with one attached hydrogen (secondary N) is 2. The Bertz CT molecular complexity index is 324. The fourth-order valence-electron chi connectivity index (χ4n) is 1.20. The van der Waals surface area contributed by atoms with E-state index in [4.69, 9.17) is 4.74 Å². The van der Waals surface area contributed by atoms with Gasteiger partial charge in [0.1, 0.15) is 0 Å². The lowest BCUT2D eigenvalue weighted by Crippen LogP contribution is -2.20. The molecule has 6 heteroatoms. The number of hydrogen-bond acceptors (Lipinski definition) is 4. The first kappa shape index (κ1) is 11.5. The molecule has 15 heavy (non-hydrogen) atoms. The summed E-state index contributed by atoms with van der Waals surface area (Å²) in [6.45, 7) is 3.92. The monoisotopic (exact) mass is 212 g/mol. The molecule has 1 heterocycles. The van der Waals surface area contributed by atoms with Crippen molar-refractivity contribution in [2.24, 2.45) is 5.92 Å². The number of carbonyl (C=O) groups excluding carboxylic acids is 1. The lowest BCUT2D eigenvalue weighted by molar-refractivity contribution is -0.119. The van der Waals surface area contributed by atoms with E-state index in [9.17, 15) is 4.79 Å². The van der Waals surface area contributed by atoms with Crippen molar-refractivity contribution in [3.05, 3.63) is 0 Å². The topological polar surface area (TPSA) is 79.9 Å². The molecule has 1 atom stereocenters. The predicted octanol–water partition coefficient (Wildman–Crippen LogP) is 1.19. The predicted molar refractivity (Wildman–Crippen MR) is 55.6 cm³/mol. The summed E-state index contributed by atoms with van der Waals surface area (Å²) in [6, 6.07) is 0.216. The van der Waals surface area contributed by atoms with Crippen LogP contribution in [0.4, 0.5) is 5.95 Å². The van der Waals surface area contributed by atoms with Crippen LogP contribution in [0.25, 0.3) is 0 Å². The van der Waals surface area contributed by atoms with Crippen molar-refractivity contribution < 1.29 is 9.53 Å². The van der Waals surface area contributed by atoms with Crippen LogP contribution in [0.3, 0.4) is 0 Å². The second-order valence-electron chi connectivity index (χ2n) is 3.35. The fourth-order valence-corrected chi connectivity index (χ4v) is 1.20. The van der Waals surface area contributed by atoms with E-state index in [-0.39, 0.29) is 17.8 Å². The van der Waals surface area contributed by atoms with Gasteiger partial charge in [0.15, 0.2) is 0 Å². The summed E-state index contributed by atoms with van der Waals surface area (Å²) >= 11 is 0. The van der Waals surface area contributed by atoms with E-state index in [0.29, 0.717) is 5.95 Å². The van der Waals surface area contributed by atoms with Crippen LogP contribution in [0.2, 0.25) is 0 Å². The average molecular weight is 212 g/mol. The fraction of sp³-hybridized carbons (Fsp3) is 0.667. The van der Waals surface area contributed by atoms with Crippen molar-refractivity contribution in [2.45, 2.75) is 26.7 Å². The molecule has 0 aliphatic carbocycles. The first-order valence-corrected chi connectivity index (χ1v) is 4.94. The molecular weight excluding hydrogens is 196 g/mol. The van der Waals surface area contributed by atoms with Crippen molar-refractivity contribution in [1.82, 2.24) is 15.2 Å². The maximum Gasteiger partial charge on any atom is 0.336 e. The van der Waals surface area contributed by atoms with Crippen LogP contribution in [0, 0.1) is 5.92 Å². The second-order valence-corrected chi connectivity index (χ2v) is 3.35. The molecular formula is C9H16N4O2. The quantitative estimate of drug-likeness (QED) is 0.768. The van der Waals surface area contributed by atoms with Gasteiger partial charge in [-0.2, -0.15) is 4.98 Å². The molecule has 0 radical (unpaired) electrons. The van der Waals surface area contributed by atoms with E-state index in [0.717, 1.165) is 12.8 Å². The standard InChI is InChI=1S/C9H16N4O2/c1-4-5-6(2)7(14)10-8-11-9(15-3)13-12-8/h6H,4-5H2,1-3H3,(H2,10,11,12,13,14). The zero-order valence-corrected chi connectivity index (χ0v) is 9.20. The summed E-state index contributed by atoms with van der Waals surface area (Å²) in [5.74, 6) is 0.238. The van der Waals surface area contributed by atoms with Crippen LogP contribution in [-0.2, 0) is 4.79 Å². The highest BCUT2D eigenvalue weighted by Crippen LogP contribution is 2.09. The maximum absolute atomic E-state index is 11.6. The number of ether oxygens (including phenoxy) is 1. The van der Waals surface area contributed by atoms with Crippen molar-refractivity contribution in [3.63, 3.8) is 0 Å². The first-order chi connectivity index (χ1) is 7.17. The minimum absolute atomic E-state index is 0.0221. The number of H-pyrrole nitrogens is 1. The molecule has 6 nitrogen and oxygen atoms in total. The van der Waals surface area contributed by atoms with Crippen molar-refractivity contribution in [3.8, 4) is 6.01 Å². The molecule has 0 spiro atoms. The van der Waals surface area contributed by atoms with Gasteiger partial charge in [-0.1, -0.05) is 20.3 Å². The van der Waals surface area contributed by atoms with E-state index in [1.54, 1.807) is 0 Å². The molecule has 0 bridgehead atoms. The Kier molecular flexibility index (Phi) is 4.08. The summed E-state index contributed by atoms with van der Waals surface area (Å²) < 4.78 is 4.78. The van der Waals surface area contributed by atoms with Crippen LogP contribution >= 0.6 is 0 Å². The smallest absolute Gasteiger partial charge is 0.336 e. The van der Waals surface area contributed by atoms with Gasteiger partial charge in [0.2, 0.25) is 11.9 Å². The molecule has 0 saturated carbocycles. The van der Waals surface area contributed by atoms with Gasteiger partial charge in [-0.3, -0.25) is 10.1 Å². The number of aromatic amines is 1. The number of rotatable bonds is 5. The zero-order chi connectivity index (χ0) is 11.3. The van der Waals surface area contributed by atoms with Gasteiger partial charge >= 0.3 is 6.01 Å². The van der Waals surface area contributed by atoms with E-state index in [2.05, 4.69) is 20.5 Å². The van der Waals surface area contributed by atoms with E-state index >= 15 is 0 Å². The number of amides is 1. The molecule has 1 aromatic heterocycles. The number of carbonyl (C=O) groups is 1. The minimum atomic E-state index is -0.0596. The molecule has 0 fully saturated rings. The first-order valence-electron chi connectivity index (χ1n) is 4.94. The highest BCUT2D eigenvalue weighted by atomic mass is 16.5. The Labute approximate surface area is 88.4 Å². The molecule has 0 aliphatic rings. The van der Waals surface area contributed by atoms with Crippen LogP contribution in [0.5, 0.6) is 6.01 Å². The average Bonchev–Trinajstić information content (AvgIpc) is 2.66. The van der Waals surface area contributed by atoms with Crippen LogP contribution in [0.15, 0.2) is 0 Å². The van der Waals surface area contributed by atoms with Gasteiger partial charge in [-0.15, -0.1) is 5.10 Å². The van der Waals surface area contributed by atoms with E-state index < -0.39 is 0 Å².